The van der Waals surface area contributed by atoms with E-state index in [1.807, 2.05) is 41.9 Å². The SMILES string of the molecule is Cn1c(Nc2ccc(Cl)c(C(C)(C)C)c2)nc2cc(Oc3ccnc(C(N)=O)c3)ccc21. The molecular weight excluding hydrogens is 426 g/mol. The number of benzene rings is 2. The van der Waals surface area contributed by atoms with Crippen molar-refractivity contribution in [2.45, 2.75) is 26.2 Å². The molecule has 32 heavy (non-hydrogen) atoms. The van der Waals surface area contributed by atoms with Crippen LogP contribution in [0.15, 0.2) is 54.7 Å². The number of nitrogens with two attached hydrogens (primary N) is 1. The maximum absolute atomic E-state index is 11.3. The summed E-state index contributed by atoms with van der Waals surface area (Å²) in [5.41, 5.74) is 9.04. The van der Waals surface area contributed by atoms with Gasteiger partial charge in [0.25, 0.3) is 5.91 Å². The second kappa shape index (κ2) is 8.16. The lowest BCUT2D eigenvalue weighted by molar-refractivity contribution is 0.0995. The number of carbonyl (C=O) groups excluding carboxylic acids is 1. The molecule has 0 aliphatic carbocycles. The first-order chi connectivity index (χ1) is 15.1. The Labute approximate surface area is 191 Å². The smallest absolute Gasteiger partial charge is 0.267 e. The first-order valence-corrected chi connectivity index (χ1v) is 10.5. The van der Waals surface area contributed by atoms with Crippen LogP contribution in [0, 0.1) is 0 Å². The van der Waals surface area contributed by atoms with Crippen LogP contribution in [0.2, 0.25) is 5.02 Å². The topological polar surface area (TPSA) is 95.1 Å². The maximum Gasteiger partial charge on any atom is 0.267 e. The van der Waals surface area contributed by atoms with Gasteiger partial charge in [-0.1, -0.05) is 32.4 Å². The predicted octanol–water partition coefficient (Wildman–Crippen LogP) is 5.55. The number of ether oxygens (including phenoxy) is 1. The van der Waals surface area contributed by atoms with Gasteiger partial charge in [-0.05, 0) is 47.4 Å². The summed E-state index contributed by atoms with van der Waals surface area (Å²) in [6, 6.07) is 14.7. The summed E-state index contributed by atoms with van der Waals surface area (Å²) in [5.74, 6) is 1.14. The quantitative estimate of drug-likeness (QED) is 0.416. The Morgan fingerprint density at radius 2 is 1.84 bits per heavy atom. The molecule has 2 heterocycles. The summed E-state index contributed by atoms with van der Waals surface area (Å²) in [5, 5.41) is 4.12. The van der Waals surface area contributed by atoms with Crippen LogP contribution in [0.3, 0.4) is 0 Å². The number of hydrogen-bond acceptors (Lipinski definition) is 5. The van der Waals surface area contributed by atoms with Crippen molar-refractivity contribution in [3.05, 3.63) is 71.0 Å². The van der Waals surface area contributed by atoms with Crippen LogP contribution < -0.4 is 15.8 Å². The first-order valence-electron chi connectivity index (χ1n) is 10.1. The number of primary amides is 1. The lowest BCUT2D eigenvalue weighted by Crippen LogP contribution is -2.12. The van der Waals surface area contributed by atoms with E-state index in [1.54, 1.807) is 6.07 Å². The van der Waals surface area contributed by atoms with E-state index in [9.17, 15) is 4.79 Å². The summed E-state index contributed by atoms with van der Waals surface area (Å²) in [7, 11) is 1.95. The molecule has 0 fully saturated rings. The number of aryl methyl sites for hydroxylation is 1. The highest BCUT2D eigenvalue weighted by molar-refractivity contribution is 6.31. The van der Waals surface area contributed by atoms with Crippen LogP contribution in [-0.2, 0) is 12.5 Å². The largest absolute Gasteiger partial charge is 0.457 e. The van der Waals surface area contributed by atoms with Crippen molar-refractivity contribution in [2.24, 2.45) is 12.8 Å². The number of hydrogen-bond donors (Lipinski definition) is 2. The van der Waals surface area contributed by atoms with Gasteiger partial charge in [-0.15, -0.1) is 0 Å². The van der Waals surface area contributed by atoms with Gasteiger partial charge in [-0.25, -0.2) is 4.98 Å². The van der Waals surface area contributed by atoms with E-state index in [0.29, 0.717) is 17.4 Å². The fraction of sp³-hybridized carbons (Fsp3) is 0.208. The number of imidazole rings is 1. The molecule has 0 unspecified atom stereocenters. The molecular formula is C24H24ClN5O2. The molecule has 8 heteroatoms. The molecule has 0 bridgehead atoms. The van der Waals surface area contributed by atoms with Crippen LogP contribution in [0.25, 0.3) is 11.0 Å². The van der Waals surface area contributed by atoms with Gasteiger partial charge in [0, 0.05) is 36.1 Å². The van der Waals surface area contributed by atoms with E-state index in [0.717, 1.165) is 27.3 Å². The van der Waals surface area contributed by atoms with E-state index in [4.69, 9.17) is 27.1 Å². The van der Waals surface area contributed by atoms with Crippen LogP contribution in [0.4, 0.5) is 11.6 Å². The Balaban J connectivity index is 1.62. The van der Waals surface area contributed by atoms with Crippen molar-refractivity contribution < 1.29 is 9.53 Å². The Kier molecular flexibility index (Phi) is 5.52. The summed E-state index contributed by atoms with van der Waals surface area (Å²) in [4.78, 5) is 20.0. The molecule has 0 saturated carbocycles. The van der Waals surface area contributed by atoms with E-state index in [1.165, 1.54) is 12.3 Å². The summed E-state index contributed by atoms with van der Waals surface area (Å²) in [6.45, 7) is 6.39. The van der Waals surface area contributed by atoms with Gasteiger partial charge < -0.3 is 20.4 Å². The molecule has 4 aromatic rings. The Morgan fingerprint density at radius 3 is 2.56 bits per heavy atom. The van der Waals surface area contributed by atoms with Crippen molar-refractivity contribution >= 4 is 40.2 Å². The van der Waals surface area contributed by atoms with Gasteiger partial charge in [0.2, 0.25) is 5.95 Å². The molecule has 7 nitrogen and oxygen atoms in total. The Morgan fingerprint density at radius 1 is 1.09 bits per heavy atom. The van der Waals surface area contributed by atoms with Crippen molar-refractivity contribution in [1.29, 1.82) is 0 Å². The van der Waals surface area contributed by atoms with E-state index >= 15 is 0 Å². The molecule has 4 rings (SSSR count). The fourth-order valence-corrected chi connectivity index (χ4v) is 3.81. The third kappa shape index (κ3) is 4.38. The predicted molar refractivity (Wildman–Crippen MR) is 127 cm³/mol. The highest BCUT2D eigenvalue weighted by Gasteiger charge is 2.18. The van der Waals surface area contributed by atoms with Crippen molar-refractivity contribution in [2.75, 3.05) is 5.32 Å². The van der Waals surface area contributed by atoms with Crippen molar-refractivity contribution in [1.82, 2.24) is 14.5 Å². The van der Waals surface area contributed by atoms with E-state index < -0.39 is 5.91 Å². The summed E-state index contributed by atoms with van der Waals surface area (Å²) >= 11 is 6.40. The van der Waals surface area contributed by atoms with Crippen molar-refractivity contribution in [3.63, 3.8) is 0 Å². The lowest BCUT2D eigenvalue weighted by atomic mass is 9.87. The molecule has 2 aromatic heterocycles. The number of anilines is 2. The minimum Gasteiger partial charge on any atom is -0.457 e. The zero-order chi connectivity index (χ0) is 23.0. The second-order valence-corrected chi connectivity index (χ2v) is 8.96. The van der Waals surface area contributed by atoms with Crippen LogP contribution in [0.1, 0.15) is 36.8 Å². The number of carbonyl (C=O) groups is 1. The zero-order valence-electron chi connectivity index (χ0n) is 18.3. The zero-order valence-corrected chi connectivity index (χ0v) is 19.1. The number of fused-ring (bicyclic) bond motifs is 1. The monoisotopic (exact) mass is 449 g/mol. The summed E-state index contributed by atoms with van der Waals surface area (Å²) in [6.07, 6.45) is 1.48. The van der Waals surface area contributed by atoms with Crippen LogP contribution in [0.5, 0.6) is 11.5 Å². The minimum atomic E-state index is -0.608. The molecule has 0 radical (unpaired) electrons. The fourth-order valence-electron chi connectivity index (χ4n) is 3.41. The molecule has 164 valence electrons. The summed E-state index contributed by atoms with van der Waals surface area (Å²) < 4.78 is 7.85. The number of nitrogens with zero attached hydrogens (tertiary/aromatic N) is 3. The maximum atomic E-state index is 11.3. The van der Waals surface area contributed by atoms with Gasteiger partial charge in [0.15, 0.2) is 0 Å². The average Bonchev–Trinajstić information content (AvgIpc) is 3.03. The number of amides is 1. The Bertz CT molecular complexity index is 1320. The molecule has 0 saturated heterocycles. The highest BCUT2D eigenvalue weighted by Crippen LogP contribution is 2.33. The molecule has 0 spiro atoms. The first kappa shape index (κ1) is 21.6. The van der Waals surface area contributed by atoms with Gasteiger partial charge in [-0.2, -0.15) is 0 Å². The van der Waals surface area contributed by atoms with E-state index in [2.05, 4.69) is 37.1 Å². The molecule has 1 amide bonds. The van der Waals surface area contributed by atoms with Gasteiger partial charge in [-0.3, -0.25) is 9.78 Å². The van der Waals surface area contributed by atoms with E-state index in [-0.39, 0.29) is 11.1 Å². The minimum absolute atomic E-state index is 0.0747. The molecule has 0 aliphatic heterocycles. The molecule has 0 aliphatic rings. The Hall–Kier alpha value is -3.58. The molecule has 3 N–H and O–H groups in total. The lowest BCUT2D eigenvalue weighted by Gasteiger charge is -2.21. The van der Waals surface area contributed by atoms with Crippen LogP contribution in [-0.4, -0.2) is 20.4 Å². The number of halogens is 1. The van der Waals surface area contributed by atoms with Crippen molar-refractivity contribution in [3.8, 4) is 11.5 Å². The third-order valence-electron chi connectivity index (χ3n) is 5.10. The average molecular weight is 450 g/mol. The normalized spacial score (nSPS) is 11.5. The third-order valence-corrected chi connectivity index (χ3v) is 5.43. The highest BCUT2D eigenvalue weighted by atomic mass is 35.5. The number of rotatable bonds is 5. The number of aromatic nitrogens is 3. The standard InChI is InChI=1S/C24H24ClN5O2/c1-24(2,3)17-11-14(5-7-18(17)25)28-23-29-19-12-15(6-8-21(19)30(23)4)32-16-9-10-27-20(13-16)22(26)31/h5-13H,1-4H3,(H2,26,31)(H,28,29). The molecule has 2 aromatic carbocycles. The molecule has 0 atom stereocenters. The second-order valence-electron chi connectivity index (χ2n) is 8.56. The number of pyridine rings is 1. The van der Waals surface area contributed by atoms with Gasteiger partial charge in [0.05, 0.1) is 11.0 Å². The van der Waals surface area contributed by atoms with Gasteiger partial charge >= 0.3 is 0 Å². The van der Waals surface area contributed by atoms with Gasteiger partial charge in [0.1, 0.15) is 17.2 Å². The number of nitrogens with one attached hydrogen (secondary N) is 1. The van der Waals surface area contributed by atoms with Crippen LogP contribution >= 0.6 is 11.6 Å².